The first-order valence-corrected chi connectivity index (χ1v) is 8.01. The molecule has 1 N–H and O–H groups in total. The highest BCUT2D eigenvalue weighted by molar-refractivity contribution is 5.54. The summed E-state index contributed by atoms with van der Waals surface area (Å²) in [7, 11) is 0. The van der Waals surface area contributed by atoms with E-state index >= 15 is 0 Å². The predicted molar refractivity (Wildman–Crippen MR) is 83.2 cm³/mol. The summed E-state index contributed by atoms with van der Waals surface area (Å²) in [6.07, 6.45) is 5.46. The Labute approximate surface area is 122 Å². The molecule has 1 aromatic carbocycles. The predicted octanol–water partition coefficient (Wildman–Crippen LogP) is 2.94. The lowest BCUT2D eigenvalue weighted by atomic mass is 10.1. The van der Waals surface area contributed by atoms with Gasteiger partial charge in [-0.25, -0.2) is 0 Å². The van der Waals surface area contributed by atoms with Crippen LogP contribution < -0.4 is 10.2 Å². The maximum atomic E-state index is 5.73. The SMILES string of the molecule is CC1CN(CCCC2CCCO2)c2ccccc2CN1. The molecule has 0 spiro atoms. The zero-order valence-electron chi connectivity index (χ0n) is 12.5. The van der Waals surface area contributed by atoms with E-state index in [-0.39, 0.29) is 0 Å². The number of anilines is 1. The number of benzene rings is 1. The lowest BCUT2D eigenvalue weighted by Crippen LogP contribution is -2.36. The van der Waals surface area contributed by atoms with Crippen molar-refractivity contribution in [2.24, 2.45) is 0 Å². The number of nitrogens with zero attached hydrogens (tertiary/aromatic N) is 1. The van der Waals surface area contributed by atoms with Crippen molar-refractivity contribution in [1.82, 2.24) is 5.32 Å². The maximum absolute atomic E-state index is 5.73. The fourth-order valence-electron chi connectivity index (χ4n) is 3.34. The normalized spacial score (nSPS) is 26.4. The van der Waals surface area contributed by atoms with Crippen LogP contribution in [0.4, 0.5) is 5.69 Å². The number of rotatable bonds is 4. The Morgan fingerprint density at radius 1 is 1.35 bits per heavy atom. The molecule has 2 unspecified atom stereocenters. The van der Waals surface area contributed by atoms with Gasteiger partial charge in [0.25, 0.3) is 0 Å². The van der Waals surface area contributed by atoms with Crippen molar-refractivity contribution in [2.75, 3.05) is 24.6 Å². The van der Waals surface area contributed by atoms with E-state index in [2.05, 4.69) is 41.4 Å². The van der Waals surface area contributed by atoms with Gasteiger partial charge in [0.1, 0.15) is 0 Å². The first-order chi connectivity index (χ1) is 9.83. The monoisotopic (exact) mass is 274 g/mol. The van der Waals surface area contributed by atoms with Crippen molar-refractivity contribution in [3.63, 3.8) is 0 Å². The van der Waals surface area contributed by atoms with Crippen LogP contribution in [0.5, 0.6) is 0 Å². The first-order valence-electron chi connectivity index (χ1n) is 8.01. The zero-order valence-corrected chi connectivity index (χ0v) is 12.5. The Morgan fingerprint density at radius 2 is 2.25 bits per heavy atom. The molecule has 0 amide bonds. The Morgan fingerprint density at radius 3 is 3.10 bits per heavy atom. The van der Waals surface area contributed by atoms with Gasteiger partial charge in [0.05, 0.1) is 6.10 Å². The fourth-order valence-corrected chi connectivity index (χ4v) is 3.34. The summed E-state index contributed by atoms with van der Waals surface area (Å²) in [4.78, 5) is 2.55. The van der Waals surface area contributed by atoms with Crippen LogP contribution in [0.1, 0.15) is 38.2 Å². The van der Waals surface area contributed by atoms with Gasteiger partial charge in [-0.3, -0.25) is 0 Å². The van der Waals surface area contributed by atoms with Crippen molar-refractivity contribution >= 4 is 5.69 Å². The van der Waals surface area contributed by atoms with Crippen molar-refractivity contribution < 1.29 is 4.74 Å². The summed E-state index contributed by atoms with van der Waals surface area (Å²) in [5, 5.41) is 3.60. The van der Waals surface area contributed by atoms with Crippen LogP contribution in [0.25, 0.3) is 0 Å². The van der Waals surface area contributed by atoms with Gasteiger partial charge in [-0.1, -0.05) is 18.2 Å². The standard InChI is InChI=1S/C17H26N2O/c1-14-13-19(10-4-7-16-8-5-11-20-16)17-9-3-2-6-15(17)12-18-14/h2-3,6,9,14,16,18H,4-5,7-8,10-13H2,1H3. The highest BCUT2D eigenvalue weighted by atomic mass is 16.5. The number of fused-ring (bicyclic) bond motifs is 1. The smallest absolute Gasteiger partial charge is 0.0576 e. The summed E-state index contributed by atoms with van der Waals surface area (Å²) >= 11 is 0. The average Bonchev–Trinajstić information content (AvgIpc) is 2.92. The van der Waals surface area contributed by atoms with Crippen molar-refractivity contribution in [1.29, 1.82) is 0 Å². The summed E-state index contributed by atoms with van der Waals surface area (Å²) < 4.78 is 5.73. The van der Waals surface area contributed by atoms with Gasteiger partial charge < -0.3 is 15.0 Å². The van der Waals surface area contributed by atoms with E-state index in [0.29, 0.717) is 12.1 Å². The molecule has 1 fully saturated rings. The molecule has 20 heavy (non-hydrogen) atoms. The van der Waals surface area contributed by atoms with Crippen molar-refractivity contribution in [3.8, 4) is 0 Å². The molecule has 0 radical (unpaired) electrons. The van der Waals surface area contributed by atoms with Gasteiger partial charge in [-0.05, 0) is 44.2 Å². The minimum Gasteiger partial charge on any atom is -0.378 e. The number of nitrogens with one attached hydrogen (secondary N) is 1. The molecule has 3 rings (SSSR count). The number of hydrogen-bond donors (Lipinski definition) is 1. The van der Waals surface area contributed by atoms with Crippen LogP contribution in [-0.4, -0.2) is 31.8 Å². The second-order valence-corrected chi connectivity index (χ2v) is 6.13. The largest absolute Gasteiger partial charge is 0.378 e. The summed E-state index contributed by atoms with van der Waals surface area (Å²) in [5.74, 6) is 0. The second-order valence-electron chi connectivity index (χ2n) is 6.13. The molecule has 3 heteroatoms. The Hall–Kier alpha value is -1.06. The molecule has 2 heterocycles. The third kappa shape index (κ3) is 3.33. The lowest BCUT2D eigenvalue weighted by Gasteiger charge is -2.27. The first kappa shape index (κ1) is 13.9. The van der Waals surface area contributed by atoms with Crippen LogP contribution in [-0.2, 0) is 11.3 Å². The summed E-state index contributed by atoms with van der Waals surface area (Å²) in [6.45, 7) is 6.47. The van der Waals surface area contributed by atoms with Crippen molar-refractivity contribution in [3.05, 3.63) is 29.8 Å². The Balaban J connectivity index is 1.61. The molecule has 0 aliphatic carbocycles. The third-order valence-corrected chi connectivity index (χ3v) is 4.45. The van der Waals surface area contributed by atoms with E-state index in [0.717, 1.165) is 26.2 Å². The average molecular weight is 274 g/mol. The number of para-hydroxylation sites is 1. The van der Waals surface area contributed by atoms with Gasteiger partial charge in [0, 0.05) is 38.0 Å². The molecule has 3 nitrogen and oxygen atoms in total. The molecule has 0 bridgehead atoms. The zero-order chi connectivity index (χ0) is 13.8. The molecule has 0 saturated carbocycles. The molecule has 2 aliphatic rings. The molecule has 2 aliphatic heterocycles. The molecule has 0 aromatic heterocycles. The highest BCUT2D eigenvalue weighted by Crippen LogP contribution is 2.24. The van der Waals surface area contributed by atoms with E-state index in [4.69, 9.17) is 4.74 Å². The van der Waals surface area contributed by atoms with Crippen LogP contribution in [0.3, 0.4) is 0 Å². The quantitative estimate of drug-likeness (QED) is 0.913. The number of hydrogen-bond acceptors (Lipinski definition) is 3. The van der Waals surface area contributed by atoms with Gasteiger partial charge in [-0.15, -0.1) is 0 Å². The van der Waals surface area contributed by atoms with Gasteiger partial charge in [0.2, 0.25) is 0 Å². The summed E-state index contributed by atoms with van der Waals surface area (Å²) in [5.41, 5.74) is 2.84. The maximum Gasteiger partial charge on any atom is 0.0576 e. The lowest BCUT2D eigenvalue weighted by molar-refractivity contribution is 0.103. The molecular formula is C17H26N2O. The molecule has 110 valence electrons. The third-order valence-electron chi connectivity index (χ3n) is 4.45. The Kier molecular flexibility index (Phi) is 4.58. The molecule has 2 atom stereocenters. The van der Waals surface area contributed by atoms with Crippen LogP contribution >= 0.6 is 0 Å². The van der Waals surface area contributed by atoms with Crippen LogP contribution in [0, 0.1) is 0 Å². The fraction of sp³-hybridized carbons (Fsp3) is 0.647. The van der Waals surface area contributed by atoms with Gasteiger partial charge in [0.15, 0.2) is 0 Å². The Bertz CT molecular complexity index is 429. The van der Waals surface area contributed by atoms with Crippen LogP contribution in [0.15, 0.2) is 24.3 Å². The topological polar surface area (TPSA) is 24.5 Å². The number of ether oxygens (including phenoxy) is 1. The van der Waals surface area contributed by atoms with E-state index in [9.17, 15) is 0 Å². The molecule has 1 saturated heterocycles. The minimum absolute atomic E-state index is 0.521. The van der Waals surface area contributed by atoms with Crippen LogP contribution in [0.2, 0.25) is 0 Å². The van der Waals surface area contributed by atoms with Gasteiger partial charge in [-0.2, -0.15) is 0 Å². The molecular weight excluding hydrogens is 248 g/mol. The van der Waals surface area contributed by atoms with E-state index in [1.54, 1.807) is 0 Å². The second kappa shape index (κ2) is 6.59. The minimum atomic E-state index is 0.521. The van der Waals surface area contributed by atoms with E-state index in [1.165, 1.54) is 36.9 Å². The molecule has 1 aromatic rings. The van der Waals surface area contributed by atoms with E-state index < -0.39 is 0 Å². The summed E-state index contributed by atoms with van der Waals surface area (Å²) in [6, 6.07) is 9.35. The van der Waals surface area contributed by atoms with Crippen molar-refractivity contribution in [2.45, 2.75) is 51.3 Å². The van der Waals surface area contributed by atoms with E-state index in [1.807, 2.05) is 0 Å². The highest BCUT2D eigenvalue weighted by Gasteiger charge is 2.19. The van der Waals surface area contributed by atoms with Gasteiger partial charge >= 0.3 is 0 Å².